The summed E-state index contributed by atoms with van der Waals surface area (Å²) in [5, 5.41) is 5.48. The van der Waals surface area contributed by atoms with Gasteiger partial charge in [0.15, 0.2) is 0 Å². The van der Waals surface area contributed by atoms with Crippen molar-refractivity contribution in [2.24, 2.45) is 0 Å². The van der Waals surface area contributed by atoms with Gasteiger partial charge in [-0.05, 0) is 49.1 Å². The maximum absolute atomic E-state index is 13.4. The molecule has 5 nitrogen and oxygen atoms in total. The van der Waals surface area contributed by atoms with Gasteiger partial charge < -0.3 is 15.1 Å². The molecule has 0 spiro atoms. The highest BCUT2D eigenvalue weighted by Crippen LogP contribution is 2.31. The third kappa shape index (κ3) is 3.26. The molecule has 2 atom stereocenters. The molecule has 2 aromatic rings. The Labute approximate surface area is 132 Å². The SMILES string of the molecule is C[C@H](NC(=O)c1ccoc1)C(=O)N[C@H]1CCc2ccc(F)cc21. The van der Waals surface area contributed by atoms with Gasteiger partial charge in [0, 0.05) is 0 Å². The van der Waals surface area contributed by atoms with Crippen molar-refractivity contribution < 1.29 is 18.4 Å². The van der Waals surface area contributed by atoms with Gasteiger partial charge in [-0.15, -0.1) is 0 Å². The van der Waals surface area contributed by atoms with E-state index in [0.29, 0.717) is 5.56 Å². The first-order chi connectivity index (χ1) is 11.0. The van der Waals surface area contributed by atoms with Gasteiger partial charge in [0.1, 0.15) is 18.1 Å². The number of fused-ring (bicyclic) bond motifs is 1. The highest BCUT2D eigenvalue weighted by Gasteiger charge is 2.26. The van der Waals surface area contributed by atoms with Crippen molar-refractivity contribution in [1.29, 1.82) is 0 Å². The molecular formula is C17H17FN2O3. The fourth-order valence-electron chi connectivity index (χ4n) is 2.76. The Hall–Kier alpha value is -2.63. The largest absolute Gasteiger partial charge is 0.472 e. The van der Waals surface area contributed by atoms with Gasteiger partial charge in [-0.2, -0.15) is 0 Å². The number of hydrogen-bond acceptors (Lipinski definition) is 3. The van der Waals surface area contributed by atoms with Crippen LogP contribution in [0.15, 0.2) is 41.2 Å². The summed E-state index contributed by atoms with van der Waals surface area (Å²) in [6.07, 6.45) is 4.24. The summed E-state index contributed by atoms with van der Waals surface area (Å²) >= 11 is 0. The zero-order valence-electron chi connectivity index (χ0n) is 12.6. The lowest BCUT2D eigenvalue weighted by molar-refractivity contribution is -0.123. The van der Waals surface area contributed by atoms with Gasteiger partial charge >= 0.3 is 0 Å². The number of aryl methyl sites for hydroxylation is 1. The zero-order chi connectivity index (χ0) is 16.4. The molecule has 0 aliphatic heterocycles. The molecule has 3 rings (SSSR count). The quantitative estimate of drug-likeness (QED) is 0.909. The van der Waals surface area contributed by atoms with E-state index in [4.69, 9.17) is 4.42 Å². The third-order valence-corrected chi connectivity index (χ3v) is 4.03. The number of amides is 2. The fraction of sp³-hybridized carbons (Fsp3) is 0.294. The van der Waals surface area contributed by atoms with Gasteiger partial charge in [0.05, 0.1) is 17.9 Å². The summed E-state index contributed by atoms with van der Waals surface area (Å²) in [6, 6.07) is 5.24. The predicted octanol–water partition coefficient (Wildman–Crippen LogP) is 2.34. The molecule has 0 radical (unpaired) electrons. The van der Waals surface area contributed by atoms with Crippen molar-refractivity contribution >= 4 is 11.8 Å². The lowest BCUT2D eigenvalue weighted by Gasteiger charge is -2.18. The minimum absolute atomic E-state index is 0.221. The van der Waals surface area contributed by atoms with Crippen LogP contribution in [0.25, 0.3) is 0 Å². The molecule has 0 bridgehead atoms. The molecule has 120 valence electrons. The lowest BCUT2D eigenvalue weighted by atomic mass is 10.1. The van der Waals surface area contributed by atoms with Gasteiger partial charge in [0.25, 0.3) is 5.91 Å². The number of halogens is 1. The number of benzene rings is 1. The first-order valence-corrected chi connectivity index (χ1v) is 7.46. The van der Waals surface area contributed by atoms with E-state index in [1.807, 2.05) is 0 Å². The molecule has 1 aromatic heterocycles. The van der Waals surface area contributed by atoms with Gasteiger partial charge in [0.2, 0.25) is 5.91 Å². The Morgan fingerprint density at radius 1 is 1.35 bits per heavy atom. The second-order valence-electron chi connectivity index (χ2n) is 5.65. The van der Waals surface area contributed by atoms with E-state index in [2.05, 4.69) is 10.6 Å². The minimum atomic E-state index is -0.699. The summed E-state index contributed by atoms with van der Waals surface area (Å²) in [7, 11) is 0. The smallest absolute Gasteiger partial charge is 0.255 e. The molecule has 2 N–H and O–H groups in total. The van der Waals surface area contributed by atoms with E-state index in [9.17, 15) is 14.0 Å². The van der Waals surface area contributed by atoms with Gasteiger partial charge in [-0.1, -0.05) is 6.07 Å². The molecule has 0 saturated heterocycles. The highest BCUT2D eigenvalue weighted by molar-refractivity contribution is 5.97. The molecule has 0 saturated carbocycles. The van der Waals surface area contributed by atoms with Crippen LogP contribution in [0.4, 0.5) is 4.39 Å². The van der Waals surface area contributed by atoms with Crippen molar-refractivity contribution in [2.45, 2.75) is 31.8 Å². The van der Waals surface area contributed by atoms with Crippen molar-refractivity contribution in [1.82, 2.24) is 10.6 Å². The van der Waals surface area contributed by atoms with Crippen LogP contribution in [-0.2, 0) is 11.2 Å². The van der Waals surface area contributed by atoms with E-state index in [1.165, 1.54) is 30.7 Å². The Balaban J connectivity index is 1.62. The molecule has 6 heteroatoms. The number of nitrogens with one attached hydrogen (secondary N) is 2. The predicted molar refractivity (Wildman–Crippen MR) is 81.2 cm³/mol. The molecular weight excluding hydrogens is 299 g/mol. The minimum Gasteiger partial charge on any atom is -0.472 e. The van der Waals surface area contributed by atoms with Crippen LogP contribution in [0, 0.1) is 5.82 Å². The summed E-state index contributed by atoms with van der Waals surface area (Å²) < 4.78 is 18.2. The Morgan fingerprint density at radius 3 is 2.91 bits per heavy atom. The summed E-state index contributed by atoms with van der Waals surface area (Å²) in [5.41, 5.74) is 2.22. The maximum atomic E-state index is 13.4. The van der Waals surface area contributed by atoms with Crippen molar-refractivity contribution in [3.8, 4) is 0 Å². The fourth-order valence-corrected chi connectivity index (χ4v) is 2.76. The van der Waals surface area contributed by atoms with Crippen molar-refractivity contribution in [3.63, 3.8) is 0 Å². The van der Waals surface area contributed by atoms with Gasteiger partial charge in [-0.25, -0.2) is 4.39 Å². The van der Waals surface area contributed by atoms with E-state index in [-0.39, 0.29) is 23.7 Å². The monoisotopic (exact) mass is 316 g/mol. The summed E-state index contributed by atoms with van der Waals surface area (Å²) in [6.45, 7) is 1.61. The summed E-state index contributed by atoms with van der Waals surface area (Å²) in [5.74, 6) is -0.991. The Morgan fingerprint density at radius 2 is 2.17 bits per heavy atom. The average molecular weight is 316 g/mol. The van der Waals surface area contributed by atoms with Crippen LogP contribution in [0.1, 0.15) is 40.9 Å². The standard InChI is InChI=1S/C17H17FN2O3/c1-10(19-17(22)12-6-7-23-9-12)16(21)20-15-5-3-11-2-4-13(18)8-14(11)15/h2,4,6-10,15H,3,5H2,1H3,(H,19,22)(H,20,21)/t10-,15-/m0/s1. The van der Waals surface area contributed by atoms with E-state index >= 15 is 0 Å². The van der Waals surface area contributed by atoms with Crippen LogP contribution in [0.3, 0.4) is 0 Å². The summed E-state index contributed by atoms with van der Waals surface area (Å²) in [4.78, 5) is 24.2. The first-order valence-electron chi connectivity index (χ1n) is 7.46. The number of hydrogen-bond donors (Lipinski definition) is 2. The molecule has 0 unspecified atom stereocenters. The number of carbonyl (C=O) groups is 2. The third-order valence-electron chi connectivity index (χ3n) is 4.03. The van der Waals surface area contributed by atoms with Crippen LogP contribution >= 0.6 is 0 Å². The normalized spacial score (nSPS) is 17.4. The topological polar surface area (TPSA) is 71.3 Å². The molecule has 1 aliphatic rings. The second kappa shape index (κ2) is 6.24. The number of carbonyl (C=O) groups excluding carboxylic acids is 2. The molecule has 2 amide bonds. The Kier molecular flexibility index (Phi) is 4.14. The van der Waals surface area contributed by atoms with Crippen LogP contribution in [0.5, 0.6) is 0 Å². The number of rotatable bonds is 4. The number of furan rings is 1. The molecule has 1 aromatic carbocycles. The zero-order valence-corrected chi connectivity index (χ0v) is 12.6. The van der Waals surface area contributed by atoms with Crippen LogP contribution in [-0.4, -0.2) is 17.9 Å². The van der Waals surface area contributed by atoms with Gasteiger partial charge in [-0.3, -0.25) is 9.59 Å². The highest BCUT2D eigenvalue weighted by atomic mass is 19.1. The van der Waals surface area contributed by atoms with Crippen LogP contribution in [0.2, 0.25) is 0 Å². The molecule has 1 aliphatic carbocycles. The average Bonchev–Trinajstić information content (AvgIpc) is 3.17. The van der Waals surface area contributed by atoms with E-state index in [1.54, 1.807) is 13.0 Å². The van der Waals surface area contributed by atoms with Crippen LogP contribution < -0.4 is 10.6 Å². The van der Waals surface area contributed by atoms with E-state index < -0.39 is 6.04 Å². The molecule has 23 heavy (non-hydrogen) atoms. The van der Waals surface area contributed by atoms with Crippen molar-refractivity contribution in [2.75, 3.05) is 0 Å². The van der Waals surface area contributed by atoms with E-state index in [0.717, 1.165) is 24.0 Å². The first kappa shape index (κ1) is 15.3. The lowest BCUT2D eigenvalue weighted by Crippen LogP contribution is -2.45. The molecule has 0 fully saturated rings. The second-order valence-corrected chi connectivity index (χ2v) is 5.65. The van der Waals surface area contributed by atoms with Crippen molar-refractivity contribution in [3.05, 3.63) is 59.3 Å². The molecule has 1 heterocycles. The maximum Gasteiger partial charge on any atom is 0.255 e. The Bertz CT molecular complexity index is 727.